The molecule has 1 amide bonds. The van der Waals surface area contributed by atoms with Crippen LogP contribution in [0, 0.1) is 5.41 Å². The first-order chi connectivity index (χ1) is 10.9. The Balaban J connectivity index is 0.00000529. The molecule has 3 N–H and O–H groups in total. The SMILES string of the molecule is CCNC(=NCc1ccccc1OC)NCC(C)(C)C(=O)NC.I. The predicted octanol–water partition coefficient (Wildman–Crippen LogP) is 2.14. The van der Waals surface area contributed by atoms with Gasteiger partial charge in [0.25, 0.3) is 0 Å². The Morgan fingerprint density at radius 1 is 1.25 bits per heavy atom. The number of hydrogen-bond donors (Lipinski definition) is 3. The van der Waals surface area contributed by atoms with Gasteiger partial charge >= 0.3 is 0 Å². The van der Waals surface area contributed by atoms with Crippen molar-refractivity contribution >= 4 is 35.8 Å². The van der Waals surface area contributed by atoms with Gasteiger partial charge in [-0.25, -0.2) is 4.99 Å². The van der Waals surface area contributed by atoms with Gasteiger partial charge in [0.1, 0.15) is 5.75 Å². The average molecular weight is 448 g/mol. The number of amides is 1. The summed E-state index contributed by atoms with van der Waals surface area (Å²) in [5, 5.41) is 9.09. The van der Waals surface area contributed by atoms with E-state index in [0.29, 0.717) is 19.0 Å². The number of methoxy groups -OCH3 is 1. The Morgan fingerprint density at radius 3 is 2.50 bits per heavy atom. The summed E-state index contributed by atoms with van der Waals surface area (Å²) in [5.41, 5.74) is 0.493. The number of aliphatic imine (C=N–C) groups is 1. The Morgan fingerprint density at radius 2 is 1.92 bits per heavy atom. The van der Waals surface area contributed by atoms with Crippen molar-refractivity contribution in [1.82, 2.24) is 16.0 Å². The minimum absolute atomic E-state index is 0. The summed E-state index contributed by atoms with van der Waals surface area (Å²) in [6.45, 7) is 7.53. The number of hydrogen-bond acceptors (Lipinski definition) is 3. The van der Waals surface area contributed by atoms with Crippen LogP contribution in [0.1, 0.15) is 26.3 Å². The van der Waals surface area contributed by atoms with E-state index in [2.05, 4.69) is 20.9 Å². The van der Waals surface area contributed by atoms with Crippen LogP contribution >= 0.6 is 24.0 Å². The van der Waals surface area contributed by atoms with E-state index in [0.717, 1.165) is 17.9 Å². The molecule has 0 atom stereocenters. The number of benzene rings is 1. The zero-order valence-corrected chi connectivity index (χ0v) is 17.4. The highest BCUT2D eigenvalue weighted by atomic mass is 127. The van der Waals surface area contributed by atoms with E-state index in [1.807, 2.05) is 45.0 Å². The summed E-state index contributed by atoms with van der Waals surface area (Å²) in [7, 11) is 3.29. The van der Waals surface area contributed by atoms with E-state index in [4.69, 9.17) is 4.74 Å². The molecule has 24 heavy (non-hydrogen) atoms. The molecular formula is C17H29IN4O2. The fraction of sp³-hybridized carbons (Fsp3) is 0.529. The monoisotopic (exact) mass is 448 g/mol. The lowest BCUT2D eigenvalue weighted by molar-refractivity contribution is -0.128. The molecule has 0 aliphatic heterocycles. The molecule has 0 fully saturated rings. The molecule has 0 bridgehead atoms. The number of para-hydroxylation sites is 1. The van der Waals surface area contributed by atoms with Crippen molar-refractivity contribution in [1.29, 1.82) is 0 Å². The molecule has 136 valence electrons. The van der Waals surface area contributed by atoms with Crippen LogP contribution in [0.25, 0.3) is 0 Å². The maximum Gasteiger partial charge on any atom is 0.227 e. The van der Waals surface area contributed by atoms with Crippen LogP contribution < -0.4 is 20.7 Å². The van der Waals surface area contributed by atoms with Gasteiger partial charge in [-0.3, -0.25) is 4.79 Å². The molecule has 0 spiro atoms. The molecule has 0 radical (unpaired) electrons. The highest BCUT2D eigenvalue weighted by molar-refractivity contribution is 14.0. The van der Waals surface area contributed by atoms with Crippen LogP contribution in [0.3, 0.4) is 0 Å². The fourth-order valence-corrected chi connectivity index (χ4v) is 2.06. The van der Waals surface area contributed by atoms with Gasteiger partial charge in [0.05, 0.1) is 19.1 Å². The lowest BCUT2D eigenvalue weighted by atomic mass is 9.92. The van der Waals surface area contributed by atoms with Crippen molar-refractivity contribution < 1.29 is 9.53 Å². The predicted molar refractivity (Wildman–Crippen MR) is 109 cm³/mol. The zero-order chi connectivity index (χ0) is 17.3. The smallest absolute Gasteiger partial charge is 0.227 e. The van der Waals surface area contributed by atoms with Gasteiger partial charge in [-0.2, -0.15) is 0 Å². The Hall–Kier alpha value is -1.51. The van der Waals surface area contributed by atoms with Gasteiger partial charge < -0.3 is 20.7 Å². The number of nitrogens with zero attached hydrogens (tertiary/aromatic N) is 1. The third-order valence-electron chi connectivity index (χ3n) is 3.48. The number of carbonyl (C=O) groups is 1. The molecular weight excluding hydrogens is 419 g/mol. The summed E-state index contributed by atoms with van der Waals surface area (Å²) >= 11 is 0. The standard InChI is InChI=1S/C17H28N4O2.HI/c1-6-19-16(21-12-17(2,3)15(22)18-4)20-11-13-9-7-8-10-14(13)23-5;/h7-10H,6,11-12H2,1-5H3,(H,18,22)(H2,19,20,21);1H. The molecule has 1 rings (SSSR count). The van der Waals surface area contributed by atoms with E-state index in [-0.39, 0.29) is 29.9 Å². The van der Waals surface area contributed by atoms with E-state index in [1.165, 1.54) is 0 Å². The van der Waals surface area contributed by atoms with Gasteiger partial charge in [0, 0.05) is 25.7 Å². The van der Waals surface area contributed by atoms with E-state index in [9.17, 15) is 4.79 Å². The number of ether oxygens (including phenoxy) is 1. The van der Waals surface area contributed by atoms with Gasteiger partial charge in [-0.05, 0) is 26.8 Å². The summed E-state index contributed by atoms with van der Waals surface area (Å²) in [4.78, 5) is 16.4. The molecule has 0 aromatic heterocycles. The lowest BCUT2D eigenvalue weighted by Gasteiger charge is -2.24. The van der Waals surface area contributed by atoms with Crippen molar-refractivity contribution in [3.8, 4) is 5.75 Å². The molecule has 0 saturated carbocycles. The molecule has 0 aliphatic rings. The molecule has 0 aliphatic carbocycles. The van der Waals surface area contributed by atoms with Gasteiger partial charge in [0.2, 0.25) is 5.91 Å². The van der Waals surface area contributed by atoms with E-state index < -0.39 is 5.41 Å². The topological polar surface area (TPSA) is 74.8 Å². The number of rotatable bonds is 7. The summed E-state index contributed by atoms with van der Waals surface area (Å²) in [6.07, 6.45) is 0. The van der Waals surface area contributed by atoms with Crippen LogP contribution in [0.5, 0.6) is 5.75 Å². The zero-order valence-electron chi connectivity index (χ0n) is 15.1. The van der Waals surface area contributed by atoms with Crippen LogP contribution in [0.15, 0.2) is 29.3 Å². The molecule has 7 heteroatoms. The maximum atomic E-state index is 11.8. The van der Waals surface area contributed by atoms with Crippen LogP contribution in [-0.2, 0) is 11.3 Å². The number of nitrogens with one attached hydrogen (secondary N) is 3. The maximum absolute atomic E-state index is 11.8. The second-order valence-electron chi connectivity index (χ2n) is 5.82. The lowest BCUT2D eigenvalue weighted by Crippen LogP contribution is -2.47. The summed E-state index contributed by atoms with van der Waals surface area (Å²) in [6, 6.07) is 7.80. The molecule has 1 aromatic carbocycles. The first-order valence-corrected chi connectivity index (χ1v) is 7.81. The van der Waals surface area contributed by atoms with Gasteiger partial charge in [-0.1, -0.05) is 18.2 Å². The second-order valence-corrected chi connectivity index (χ2v) is 5.82. The summed E-state index contributed by atoms with van der Waals surface area (Å²) < 4.78 is 5.33. The highest BCUT2D eigenvalue weighted by Gasteiger charge is 2.26. The van der Waals surface area contributed by atoms with Crippen LogP contribution in [-0.4, -0.2) is 39.1 Å². The number of guanidine groups is 1. The molecule has 0 saturated heterocycles. The van der Waals surface area contributed by atoms with E-state index >= 15 is 0 Å². The third kappa shape index (κ3) is 6.94. The largest absolute Gasteiger partial charge is 0.496 e. The molecule has 0 unspecified atom stereocenters. The van der Waals surface area contributed by atoms with Crippen molar-refractivity contribution in [2.24, 2.45) is 10.4 Å². The van der Waals surface area contributed by atoms with Crippen molar-refractivity contribution in [3.63, 3.8) is 0 Å². The molecule has 0 heterocycles. The van der Waals surface area contributed by atoms with E-state index in [1.54, 1.807) is 14.2 Å². The van der Waals surface area contributed by atoms with Gasteiger partial charge in [-0.15, -0.1) is 24.0 Å². The molecule has 1 aromatic rings. The van der Waals surface area contributed by atoms with Crippen molar-refractivity contribution in [3.05, 3.63) is 29.8 Å². The third-order valence-corrected chi connectivity index (χ3v) is 3.48. The minimum atomic E-state index is -0.518. The first-order valence-electron chi connectivity index (χ1n) is 7.81. The Bertz CT molecular complexity index is 547. The van der Waals surface area contributed by atoms with Gasteiger partial charge in [0.15, 0.2) is 5.96 Å². The van der Waals surface area contributed by atoms with Crippen molar-refractivity contribution in [2.45, 2.75) is 27.3 Å². The highest BCUT2D eigenvalue weighted by Crippen LogP contribution is 2.18. The summed E-state index contributed by atoms with van der Waals surface area (Å²) in [5.74, 6) is 1.48. The number of carbonyl (C=O) groups excluding carboxylic acids is 1. The Kier molecular flexibility index (Phi) is 10.4. The van der Waals surface area contributed by atoms with Crippen LogP contribution in [0.4, 0.5) is 0 Å². The van der Waals surface area contributed by atoms with Crippen molar-refractivity contribution in [2.75, 3.05) is 27.2 Å². The average Bonchev–Trinajstić information content (AvgIpc) is 2.56. The first kappa shape index (κ1) is 22.5. The molecule has 6 nitrogen and oxygen atoms in total. The van der Waals surface area contributed by atoms with Crippen LogP contribution in [0.2, 0.25) is 0 Å². The second kappa shape index (κ2) is 11.1. The Labute approximate surface area is 161 Å². The normalized spacial score (nSPS) is 11.3. The quantitative estimate of drug-likeness (QED) is 0.340. The fourth-order valence-electron chi connectivity index (χ4n) is 2.06. The minimum Gasteiger partial charge on any atom is -0.496 e. The number of halogens is 1.